The van der Waals surface area contributed by atoms with E-state index in [-0.39, 0.29) is 11.8 Å². The van der Waals surface area contributed by atoms with Crippen LogP contribution in [0.3, 0.4) is 0 Å². The van der Waals surface area contributed by atoms with E-state index in [1.54, 1.807) is 41.5 Å². The third-order valence-corrected chi connectivity index (χ3v) is 5.06. The quantitative estimate of drug-likeness (QED) is 0.689. The van der Waals surface area contributed by atoms with Crippen LogP contribution in [0.15, 0.2) is 71.3 Å². The van der Waals surface area contributed by atoms with Crippen LogP contribution in [0, 0.1) is 0 Å². The smallest absolute Gasteiger partial charge is 0.253 e. The predicted molar refractivity (Wildman–Crippen MR) is 112 cm³/mol. The van der Waals surface area contributed by atoms with Crippen LogP contribution in [0.5, 0.6) is 0 Å². The van der Waals surface area contributed by atoms with Gasteiger partial charge in [-0.1, -0.05) is 23.7 Å². The van der Waals surface area contributed by atoms with Gasteiger partial charge < -0.3 is 20.0 Å². The van der Waals surface area contributed by atoms with E-state index in [9.17, 15) is 9.59 Å². The Kier molecular flexibility index (Phi) is 5.64. The maximum atomic E-state index is 13.0. The highest BCUT2D eigenvalue weighted by molar-refractivity contribution is 6.30. The van der Waals surface area contributed by atoms with Gasteiger partial charge in [0.05, 0.1) is 6.26 Å². The molecule has 1 fully saturated rings. The molecule has 2 aromatic carbocycles. The van der Waals surface area contributed by atoms with Gasteiger partial charge in [0.15, 0.2) is 0 Å². The number of nitrogens with zero attached hydrogens (tertiary/aromatic N) is 1. The van der Waals surface area contributed by atoms with E-state index in [0.717, 1.165) is 5.56 Å². The lowest BCUT2D eigenvalue weighted by Gasteiger charge is -2.33. The maximum absolute atomic E-state index is 13.0. The van der Waals surface area contributed by atoms with Crippen molar-refractivity contribution in [3.63, 3.8) is 0 Å². The molecule has 1 aliphatic heterocycles. The van der Waals surface area contributed by atoms with E-state index in [2.05, 4.69) is 10.6 Å². The molecule has 7 heteroatoms. The highest BCUT2D eigenvalue weighted by Crippen LogP contribution is 2.22. The minimum atomic E-state index is -0.489. The Morgan fingerprint density at radius 3 is 2.69 bits per heavy atom. The summed E-state index contributed by atoms with van der Waals surface area (Å²) in [5.74, 6) is 0.415. The van der Waals surface area contributed by atoms with Gasteiger partial charge in [-0.15, -0.1) is 0 Å². The molecule has 0 spiro atoms. The van der Waals surface area contributed by atoms with Crippen LogP contribution in [0.4, 0.5) is 5.69 Å². The first-order valence-electron chi connectivity index (χ1n) is 9.33. The molecule has 0 aliphatic carbocycles. The van der Waals surface area contributed by atoms with Crippen molar-refractivity contribution in [1.82, 2.24) is 10.2 Å². The first-order valence-corrected chi connectivity index (χ1v) is 9.71. The summed E-state index contributed by atoms with van der Waals surface area (Å²) in [4.78, 5) is 27.3. The fourth-order valence-electron chi connectivity index (χ4n) is 3.30. The van der Waals surface area contributed by atoms with Crippen LogP contribution >= 0.6 is 11.6 Å². The fraction of sp³-hybridized carbons (Fsp3) is 0.182. The molecule has 6 nitrogen and oxygen atoms in total. The molecule has 3 aromatic rings. The summed E-state index contributed by atoms with van der Waals surface area (Å²) in [6.07, 6.45) is 1.60. The number of halogens is 1. The Morgan fingerprint density at radius 2 is 1.93 bits per heavy atom. The first kappa shape index (κ1) is 19.2. The molecule has 29 heavy (non-hydrogen) atoms. The largest absolute Gasteiger partial charge is 0.464 e. The maximum Gasteiger partial charge on any atom is 0.253 e. The van der Waals surface area contributed by atoms with E-state index in [0.29, 0.717) is 41.7 Å². The number of carbonyl (C=O) groups is 2. The van der Waals surface area contributed by atoms with E-state index in [4.69, 9.17) is 16.0 Å². The van der Waals surface area contributed by atoms with E-state index >= 15 is 0 Å². The van der Waals surface area contributed by atoms with Crippen LogP contribution < -0.4 is 10.6 Å². The van der Waals surface area contributed by atoms with Crippen LogP contribution in [-0.2, 0) is 4.79 Å². The molecule has 2 N–H and O–H groups in total. The molecule has 0 saturated carbocycles. The number of amides is 2. The normalized spacial score (nSPS) is 16.4. The number of rotatable bonds is 4. The summed E-state index contributed by atoms with van der Waals surface area (Å²) < 4.78 is 5.42. The third-order valence-electron chi connectivity index (χ3n) is 4.81. The lowest BCUT2D eigenvalue weighted by atomic mass is 10.1. The minimum Gasteiger partial charge on any atom is -0.464 e. The summed E-state index contributed by atoms with van der Waals surface area (Å²) in [5.41, 5.74) is 2.07. The number of anilines is 1. The highest BCUT2D eigenvalue weighted by atomic mass is 35.5. The number of carbonyl (C=O) groups excluding carboxylic acids is 2. The van der Waals surface area contributed by atoms with Crippen molar-refractivity contribution in [2.24, 2.45) is 0 Å². The second kappa shape index (κ2) is 8.51. The Balaban J connectivity index is 1.44. The van der Waals surface area contributed by atoms with Crippen molar-refractivity contribution in [2.75, 3.05) is 25.0 Å². The van der Waals surface area contributed by atoms with Crippen molar-refractivity contribution in [3.05, 3.63) is 77.5 Å². The van der Waals surface area contributed by atoms with Gasteiger partial charge in [0.2, 0.25) is 5.91 Å². The van der Waals surface area contributed by atoms with Crippen molar-refractivity contribution >= 4 is 29.1 Å². The second-order valence-electron chi connectivity index (χ2n) is 6.81. The Bertz CT molecular complexity index is 1000. The van der Waals surface area contributed by atoms with Gasteiger partial charge in [-0.25, -0.2) is 0 Å². The average Bonchev–Trinajstić information content (AvgIpc) is 3.30. The molecule has 1 unspecified atom stereocenters. The molecular weight excluding hydrogens is 390 g/mol. The Labute approximate surface area is 173 Å². The zero-order valence-corrected chi connectivity index (χ0v) is 16.4. The van der Waals surface area contributed by atoms with Gasteiger partial charge in [-0.05, 0) is 48.5 Å². The predicted octanol–water partition coefficient (Wildman–Crippen LogP) is 3.65. The number of nitrogens with one attached hydrogen (secondary N) is 2. The highest BCUT2D eigenvalue weighted by Gasteiger charge is 2.28. The molecule has 1 aliphatic rings. The van der Waals surface area contributed by atoms with Crippen LogP contribution in [0.2, 0.25) is 5.02 Å². The van der Waals surface area contributed by atoms with Crippen LogP contribution in [0.1, 0.15) is 10.4 Å². The molecule has 148 valence electrons. The van der Waals surface area contributed by atoms with Crippen molar-refractivity contribution in [2.45, 2.75) is 6.04 Å². The zero-order valence-electron chi connectivity index (χ0n) is 15.6. The molecule has 1 aromatic heterocycles. The number of hydrogen-bond acceptors (Lipinski definition) is 4. The van der Waals surface area contributed by atoms with Gasteiger partial charge in [0.1, 0.15) is 11.8 Å². The van der Waals surface area contributed by atoms with Gasteiger partial charge >= 0.3 is 0 Å². The molecule has 1 saturated heterocycles. The van der Waals surface area contributed by atoms with Gasteiger partial charge in [-0.2, -0.15) is 0 Å². The fourth-order valence-corrected chi connectivity index (χ4v) is 3.43. The minimum absolute atomic E-state index is 0.107. The van der Waals surface area contributed by atoms with Crippen LogP contribution in [0.25, 0.3) is 11.3 Å². The molecule has 1 atom stereocenters. The Morgan fingerprint density at radius 1 is 1.10 bits per heavy atom. The van der Waals surface area contributed by atoms with Crippen LogP contribution in [-0.4, -0.2) is 42.4 Å². The SMILES string of the molecule is O=C(Nc1ccc(Cl)cc1)C1CN(C(=O)c2cccc(-c3ccco3)c2)CCN1. The van der Waals surface area contributed by atoms with E-state index in [1.165, 1.54) is 0 Å². The lowest BCUT2D eigenvalue weighted by Crippen LogP contribution is -2.57. The molecule has 0 bridgehead atoms. The Hall–Kier alpha value is -3.09. The average molecular weight is 410 g/mol. The lowest BCUT2D eigenvalue weighted by molar-refractivity contribution is -0.118. The molecule has 0 radical (unpaired) electrons. The molecular formula is C22H20ClN3O3. The molecule has 2 heterocycles. The number of furan rings is 1. The van der Waals surface area contributed by atoms with Gasteiger partial charge in [-0.3, -0.25) is 9.59 Å². The van der Waals surface area contributed by atoms with E-state index in [1.807, 2.05) is 30.3 Å². The molecule has 2 amide bonds. The molecule has 4 rings (SSSR count). The number of hydrogen-bond donors (Lipinski definition) is 2. The number of piperazine rings is 1. The summed E-state index contributed by atoms with van der Waals surface area (Å²) in [5, 5.41) is 6.63. The second-order valence-corrected chi connectivity index (χ2v) is 7.25. The third kappa shape index (κ3) is 4.50. The summed E-state index contributed by atoms with van der Waals surface area (Å²) in [6, 6.07) is 17.4. The summed E-state index contributed by atoms with van der Waals surface area (Å²) >= 11 is 5.88. The van der Waals surface area contributed by atoms with E-state index < -0.39 is 6.04 Å². The zero-order chi connectivity index (χ0) is 20.2. The van der Waals surface area contributed by atoms with Crippen molar-refractivity contribution in [3.8, 4) is 11.3 Å². The first-order chi connectivity index (χ1) is 14.1. The summed E-state index contributed by atoms with van der Waals surface area (Å²) in [7, 11) is 0. The standard InChI is InChI=1S/C22H20ClN3O3/c23-17-6-8-18(9-7-17)25-21(27)19-14-26(11-10-24-19)22(28)16-4-1-3-15(13-16)20-5-2-12-29-20/h1-9,12-13,19,24H,10-11,14H2,(H,25,27). The van der Waals surface area contributed by atoms with Crippen molar-refractivity contribution in [1.29, 1.82) is 0 Å². The number of benzene rings is 2. The van der Waals surface area contributed by atoms with Gasteiger partial charge in [0, 0.05) is 41.5 Å². The van der Waals surface area contributed by atoms with Crippen molar-refractivity contribution < 1.29 is 14.0 Å². The topological polar surface area (TPSA) is 74.6 Å². The summed E-state index contributed by atoms with van der Waals surface area (Å²) in [6.45, 7) is 1.38. The monoisotopic (exact) mass is 409 g/mol. The van der Waals surface area contributed by atoms with Gasteiger partial charge in [0.25, 0.3) is 5.91 Å².